The van der Waals surface area contributed by atoms with Crippen LogP contribution in [0.5, 0.6) is 0 Å². The smallest absolute Gasteiger partial charge is 0.271 e. The van der Waals surface area contributed by atoms with E-state index in [0.29, 0.717) is 31.6 Å². The summed E-state index contributed by atoms with van der Waals surface area (Å²) in [6.45, 7) is 4.75. The summed E-state index contributed by atoms with van der Waals surface area (Å²) in [7, 11) is 3.90. The summed E-state index contributed by atoms with van der Waals surface area (Å²) in [6.07, 6.45) is 2.74. The van der Waals surface area contributed by atoms with Crippen molar-refractivity contribution in [2.45, 2.75) is 25.4 Å². The number of allylic oxidation sites excluding steroid dienone is 1. The Morgan fingerprint density at radius 1 is 1.41 bits per heavy atom. The van der Waals surface area contributed by atoms with E-state index in [9.17, 15) is 14.9 Å². The molecule has 2 aromatic rings. The molecule has 0 saturated heterocycles. The number of para-hydroxylation sites is 1. The number of nitrogens with one attached hydrogen (secondary N) is 1. The molecule has 0 unspecified atom stereocenters. The summed E-state index contributed by atoms with van der Waals surface area (Å²) in [5, 5.41) is 13.9. The molecule has 6 nitrogen and oxygen atoms in total. The second-order valence-electron chi connectivity index (χ2n) is 7.26. The summed E-state index contributed by atoms with van der Waals surface area (Å²) >= 11 is 0. The van der Waals surface area contributed by atoms with Crippen LogP contribution in [0.15, 0.2) is 41.7 Å². The molecular weight excluding hydrogens is 340 g/mol. The molecule has 0 radical (unpaired) electrons. The summed E-state index contributed by atoms with van der Waals surface area (Å²) in [5.74, 6) is 0.0368. The molecule has 6 heteroatoms. The van der Waals surface area contributed by atoms with Crippen LogP contribution in [-0.4, -0.2) is 41.9 Å². The number of aromatic nitrogens is 1. The Morgan fingerprint density at radius 2 is 2.11 bits per heavy atom. The van der Waals surface area contributed by atoms with Crippen LogP contribution in [0.1, 0.15) is 18.4 Å². The molecule has 0 bridgehead atoms. The van der Waals surface area contributed by atoms with Crippen molar-refractivity contribution in [1.82, 2.24) is 9.47 Å². The van der Waals surface area contributed by atoms with Gasteiger partial charge in [-0.1, -0.05) is 24.8 Å². The van der Waals surface area contributed by atoms with E-state index in [0.717, 1.165) is 10.9 Å². The maximum atomic E-state index is 13.0. The van der Waals surface area contributed by atoms with E-state index >= 15 is 0 Å². The lowest BCUT2D eigenvalue weighted by atomic mass is 9.77. The van der Waals surface area contributed by atoms with Crippen LogP contribution >= 0.6 is 0 Å². The Morgan fingerprint density at radius 3 is 2.74 bits per heavy atom. The number of anilines is 1. The van der Waals surface area contributed by atoms with Crippen molar-refractivity contribution in [3.63, 3.8) is 0 Å². The average molecular weight is 364 g/mol. The average Bonchev–Trinajstić information content (AvgIpc) is 2.62. The summed E-state index contributed by atoms with van der Waals surface area (Å²) < 4.78 is 1.67. The Bertz CT molecular complexity index is 978. The summed E-state index contributed by atoms with van der Waals surface area (Å²) in [4.78, 5) is 26.7. The van der Waals surface area contributed by atoms with Gasteiger partial charge in [0.1, 0.15) is 11.6 Å². The molecule has 27 heavy (non-hydrogen) atoms. The van der Waals surface area contributed by atoms with Gasteiger partial charge in [0.15, 0.2) is 5.78 Å². The summed E-state index contributed by atoms with van der Waals surface area (Å²) in [5.41, 5.74) is 1.24. The molecule has 1 aliphatic rings. The van der Waals surface area contributed by atoms with E-state index in [-0.39, 0.29) is 28.9 Å². The molecule has 140 valence electrons. The van der Waals surface area contributed by atoms with Crippen molar-refractivity contribution in [3.8, 4) is 6.07 Å². The largest absolute Gasteiger partial charge is 0.380 e. The molecule has 0 aliphatic heterocycles. The zero-order valence-electron chi connectivity index (χ0n) is 15.7. The van der Waals surface area contributed by atoms with Crippen molar-refractivity contribution in [2.75, 3.05) is 26.0 Å². The minimum atomic E-state index is -0.279. The van der Waals surface area contributed by atoms with Crippen molar-refractivity contribution in [3.05, 3.63) is 52.8 Å². The molecule has 0 amide bonds. The number of pyridine rings is 1. The molecule has 1 aliphatic carbocycles. The molecule has 0 atom stereocenters. The number of rotatable bonds is 7. The number of likely N-dealkylation sites (N-methyl/N-ethyl adjacent to an activating group) is 1. The van der Waals surface area contributed by atoms with E-state index in [4.69, 9.17) is 0 Å². The van der Waals surface area contributed by atoms with Gasteiger partial charge in [-0.05, 0) is 39.1 Å². The Hall–Kier alpha value is -2.91. The Labute approximate surface area is 158 Å². The minimum absolute atomic E-state index is 0.0164. The maximum absolute atomic E-state index is 13.0. The topological polar surface area (TPSA) is 78.1 Å². The van der Waals surface area contributed by atoms with Crippen LogP contribution in [0.4, 0.5) is 5.69 Å². The quantitative estimate of drug-likeness (QED) is 0.763. The number of nitriles is 1. The first-order chi connectivity index (χ1) is 13.0. The third-order valence-electron chi connectivity index (χ3n) is 5.15. The zero-order chi connectivity index (χ0) is 19.6. The predicted octanol–water partition coefficient (Wildman–Crippen LogP) is 2.38. The highest BCUT2D eigenvalue weighted by Crippen LogP contribution is 2.34. The van der Waals surface area contributed by atoms with Gasteiger partial charge < -0.3 is 14.8 Å². The third-order valence-corrected chi connectivity index (χ3v) is 5.15. The van der Waals surface area contributed by atoms with Crippen LogP contribution in [0.25, 0.3) is 10.9 Å². The lowest BCUT2D eigenvalue weighted by Gasteiger charge is -2.35. The molecule has 0 spiro atoms. The number of hydrogen-bond acceptors (Lipinski definition) is 5. The molecule has 1 aromatic heterocycles. The highest BCUT2D eigenvalue weighted by Gasteiger charge is 2.34. The standard InChI is InChI=1S/C21H24N4O2/c1-4-19(26)14-11-15(12-14)23-20-16-7-5-6-8-18(16)25(10-9-24(2)3)21(27)17(20)13-22/h4-8,14-15,23H,1,9-12H2,2-3H3. The van der Waals surface area contributed by atoms with Gasteiger partial charge >= 0.3 is 0 Å². The number of carbonyl (C=O) groups is 1. The number of fused-ring (bicyclic) bond motifs is 1. The minimum Gasteiger partial charge on any atom is -0.380 e. The Balaban J connectivity index is 2.00. The van der Waals surface area contributed by atoms with Crippen LogP contribution in [0.2, 0.25) is 0 Å². The van der Waals surface area contributed by atoms with Gasteiger partial charge in [0.05, 0.1) is 11.2 Å². The molecule has 3 rings (SSSR count). The number of carbonyl (C=O) groups excluding carboxylic acids is 1. The van der Waals surface area contributed by atoms with Gasteiger partial charge in [0.25, 0.3) is 5.56 Å². The first kappa shape index (κ1) is 18.9. The first-order valence-corrected chi connectivity index (χ1v) is 9.09. The highest BCUT2D eigenvalue weighted by atomic mass is 16.1. The van der Waals surface area contributed by atoms with Gasteiger partial charge in [-0.2, -0.15) is 5.26 Å². The third kappa shape index (κ3) is 3.64. The van der Waals surface area contributed by atoms with Gasteiger partial charge in [-0.3, -0.25) is 9.59 Å². The van der Waals surface area contributed by atoms with E-state index in [1.54, 1.807) is 4.57 Å². The SMILES string of the molecule is C=CC(=O)C1CC(Nc2c(C#N)c(=O)n(CCN(C)C)c3ccccc23)C1. The van der Waals surface area contributed by atoms with E-state index in [1.807, 2.05) is 43.3 Å². The fraction of sp³-hybridized carbons (Fsp3) is 0.381. The number of benzene rings is 1. The Kier molecular flexibility index (Phi) is 5.43. The molecule has 1 N–H and O–H groups in total. The maximum Gasteiger partial charge on any atom is 0.271 e. The molecule has 1 fully saturated rings. The van der Waals surface area contributed by atoms with Crippen molar-refractivity contribution in [1.29, 1.82) is 5.26 Å². The van der Waals surface area contributed by atoms with Crippen LogP contribution in [-0.2, 0) is 11.3 Å². The van der Waals surface area contributed by atoms with Gasteiger partial charge in [0, 0.05) is 30.4 Å². The fourth-order valence-corrected chi connectivity index (χ4v) is 3.52. The van der Waals surface area contributed by atoms with Gasteiger partial charge in [-0.15, -0.1) is 0 Å². The lowest BCUT2D eigenvalue weighted by Crippen LogP contribution is -2.40. The van der Waals surface area contributed by atoms with Gasteiger partial charge in [0.2, 0.25) is 0 Å². The fourth-order valence-electron chi connectivity index (χ4n) is 3.52. The highest BCUT2D eigenvalue weighted by molar-refractivity contribution is 5.95. The van der Waals surface area contributed by atoms with Crippen LogP contribution in [0.3, 0.4) is 0 Å². The second-order valence-corrected chi connectivity index (χ2v) is 7.26. The van der Waals surface area contributed by atoms with Gasteiger partial charge in [-0.25, -0.2) is 0 Å². The normalized spacial score (nSPS) is 18.7. The number of hydrogen-bond donors (Lipinski definition) is 1. The van der Waals surface area contributed by atoms with E-state index in [2.05, 4.69) is 18.0 Å². The molecule has 1 heterocycles. The zero-order valence-corrected chi connectivity index (χ0v) is 15.7. The molecule has 1 aromatic carbocycles. The lowest BCUT2D eigenvalue weighted by molar-refractivity contribution is -0.120. The van der Waals surface area contributed by atoms with Crippen molar-refractivity contribution >= 4 is 22.4 Å². The van der Waals surface area contributed by atoms with Crippen LogP contribution in [0, 0.1) is 17.2 Å². The summed E-state index contributed by atoms with van der Waals surface area (Å²) in [6, 6.07) is 9.80. The van der Waals surface area contributed by atoms with Crippen LogP contribution < -0.4 is 10.9 Å². The van der Waals surface area contributed by atoms with Crippen molar-refractivity contribution < 1.29 is 4.79 Å². The monoisotopic (exact) mass is 364 g/mol. The number of nitrogens with zero attached hydrogens (tertiary/aromatic N) is 3. The van der Waals surface area contributed by atoms with Crippen molar-refractivity contribution in [2.24, 2.45) is 5.92 Å². The second kappa shape index (κ2) is 7.77. The molecular formula is C21H24N4O2. The van der Waals surface area contributed by atoms with E-state index in [1.165, 1.54) is 6.08 Å². The predicted molar refractivity (Wildman–Crippen MR) is 107 cm³/mol. The van der Waals surface area contributed by atoms with E-state index < -0.39 is 0 Å². The molecule has 1 saturated carbocycles. The number of ketones is 1. The first-order valence-electron chi connectivity index (χ1n) is 9.09.